The Morgan fingerprint density at radius 3 is 2.53 bits per heavy atom. The molecular formula is C30H26BrN3O3S. The molecule has 1 aromatic heterocycles. The SMILES string of the molecule is CCOc1ccc([C@@H]2C(C(=O)Nc3ccccc3)=C(C)N=c3s/c(=C\c4ccc(C)c(Br)c4)c(=O)n32)cc1. The van der Waals surface area contributed by atoms with E-state index in [1.807, 2.05) is 99.6 Å². The van der Waals surface area contributed by atoms with E-state index in [4.69, 9.17) is 9.73 Å². The summed E-state index contributed by atoms with van der Waals surface area (Å²) in [6.45, 7) is 6.31. The molecule has 1 aliphatic rings. The number of aryl methyl sites for hydroxylation is 1. The van der Waals surface area contributed by atoms with E-state index in [1.165, 1.54) is 11.3 Å². The first-order valence-electron chi connectivity index (χ1n) is 12.2. The fourth-order valence-corrected chi connectivity index (χ4v) is 5.85. The second kappa shape index (κ2) is 10.9. The molecule has 2 heterocycles. The van der Waals surface area contributed by atoms with Gasteiger partial charge in [0.15, 0.2) is 4.80 Å². The van der Waals surface area contributed by atoms with Crippen molar-refractivity contribution < 1.29 is 9.53 Å². The molecular weight excluding hydrogens is 562 g/mol. The maximum Gasteiger partial charge on any atom is 0.271 e. The summed E-state index contributed by atoms with van der Waals surface area (Å²) in [7, 11) is 0. The lowest BCUT2D eigenvalue weighted by Crippen LogP contribution is -2.40. The van der Waals surface area contributed by atoms with Crippen molar-refractivity contribution >= 4 is 44.9 Å². The number of allylic oxidation sites excluding steroid dienone is 1. The summed E-state index contributed by atoms with van der Waals surface area (Å²) in [5.41, 5.74) is 4.30. The van der Waals surface area contributed by atoms with Crippen molar-refractivity contribution in [3.05, 3.63) is 125 Å². The fraction of sp³-hybridized carbons (Fsp3) is 0.167. The molecule has 0 unspecified atom stereocenters. The predicted molar refractivity (Wildman–Crippen MR) is 155 cm³/mol. The highest BCUT2D eigenvalue weighted by atomic mass is 79.9. The van der Waals surface area contributed by atoms with Crippen molar-refractivity contribution in [3.8, 4) is 5.75 Å². The Labute approximate surface area is 232 Å². The first-order chi connectivity index (χ1) is 18.4. The Morgan fingerprint density at radius 1 is 1.11 bits per heavy atom. The summed E-state index contributed by atoms with van der Waals surface area (Å²) in [4.78, 5) is 32.8. The van der Waals surface area contributed by atoms with Gasteiger partial charge in [0.05, 0.1) is 28.5 Å². The van der Waals surface area contributed by atoms with Crippen molar-refractivity contribution in [1.82, 2.24) is 4.57 Å². The average molecular weight is 589 g/mol. The van der Waals surface area contributed by atoms with E-state index in [-0.39, 0.29) is 11.5 Å². The molecule has 192 valence electrons. The number of fused-ring (bicyclic) bond motifs is 1. The van der Waals surface area contributed by atoms with Crippen LogP contribution in [0.3, 0.4) is 0 Å². The zero-order chi connectivity index (χ0) is 26.8. The van der Waals surface area contributed by atoms with Gasteiger partial charge in [-0.15, -0.1) is 0 Å². The van der Waals surface area contributed by atoms with E-state index in [9.17, 15) is 9.59 Å². The third-order valence-corrected chi connectivity index (χ3v) is 8.14. The Balaban J connectivity index is 1.66. The maximum absolute atomic E-state index is 13.8. The van der Waals surface area contributed by atoms with Crippen LogP contribution in [0.4, 0.5) is 5.69 Å². The van der Waals surface area contributed by atoms with Crippen LogP contribution in [0.1, 0.15) is 36.6 Å². The van der Waals surface area contributed by atoms with Gasteiger partial charge >= 0.3 is 0 Å². The Bertz CT molecular complexity index is 1720. The number of benzene rings is 3. The van der Waals surface area contributed by atoms with Gasteiger partial charge in [0.25, 0.3) is 11.5 Å². The molecule has 0 spiro atoms. The molecule has 8 heteroatoms. The first-order valence-corrected chi connectivity index (χ1v) is 13.8. The molecule has 1 amide bonds. The largest absolute Gasteiger partial charge is 0.494 e. The second-order valence-corrected chi connectivity index (χ2v) is 10.8. The van der Waals surface area contributed by atoms with Crippen LogP contribution in [0.15, 0.2) is 98.3 Å². The van der Waals surface area contributed by atoms with Gasteiger partial charge in [0, 0.05) is 10.2 Å². The number of carbonyl (C=O) groups excluding carboxylic acids is 1. The molecule has 0 saturated heterocycles. The fourth-order valence-electron chi connectivity index (χ4n) is 4.41. The molecule has 0 bridgehead atoms. The molecule has 0 saturated carbocycles. The van der Waals surface area contributed by atoms with Crippen molar-refractivity contribution in [2.24, 2.45) is 4.99 Å². The number of para-hydroxylation sites is 1. The zero-order valence-corrected chi connectivity index (χ0v) is 23.6. The highest BCUT2D eigenvalue weighted by Gasteiger charge is 2.32. The van der Waals surface area contributed by atoms with Gasteiger partial charge in [-0.2, -0.15) is 0 Å². The maximum atomic E-state index is 13.8. The summed E-state index contributed by atoms with van der Waals surface area (Å²) in [5, 5.41) is 2.98. The van der Waals surface area contributed by atoms with Crippen LogP contribution >= 0.6 is 27.3 Å². The molecule has 38 heavy (non-hydrogen) atoms. The van der Waals surface area contributed by atoms with E-state index in [0.717, 1.165) is 26.9 Å². The first kappa shape index (κ1) is 25.9. The van der Waals surface area contributed by atoms with E-state index < -0.39 is 6.04 Å². The third-order valence-electron chi connectivity index (χ3n) is 6.30. The van der Waals surface area contributed by atoms with Gasteiger partial charge in [-0.05, 0) is 73.9 Å². The van der Waals surface area contributed by atoms with Gasteiger partial charge in [0.2, 0.25) is 0 Å². The van der Waals surface area contributed by atoms with Crippen LogP contribution in [0.25, 0.3) is 6.08 Å². The Morgan fingerprint density at radius 2 is 1.84 bits per heavy atom. The minimum Gasteiger partial charge on any atom is -0.494 e. The number of amides is 1. The summed E-state index contributed by atoms with van der Waals surface area (Å²) < 4.78 is 8.77. The summed E-state index contributed by atoms with van der Waals surface area (Å²) in [5.74, 6) is 0.428. The second-order valence-electron chi connectivity index (χ2n) is 8.91. The molecule has 3 aromatic carbocycles. The van der Waals surface area contributed by atoms with E-state index >= 15 is 0 Å². The monoisotopic (exact) mass is 587 g/mol. The van der Waals surface area contributed by atoms with Gasteiger partial charge < -0.3 is 10.1 Å². The molecule has 1 N–H and O–H groups in total. The zero-order valence-electron chi connectivity index (χ0n) is 21.2. The molecule has 5 rings (SSSR count). The number of hydrogen-bond acceptors (Lipinski definition) is 5. The third kappa shape index (κ3) is 5.14. The van der Waals surface area contributed by atoms with Crippen LogP contribution in [0, 0.1) is 6.92 Å². The van der Waals surface area contributed by atoms with E-state index in [0.29, 0.717) is 32.9 Å². The Kier molecular flexibility index (Phi) is 7.44. The van der Waals surface area contributed by atoms with Crippen LogP contribution in [-0.4, -0.2) is 17.1 Å². The number of anilines is 1. The Hall–Kier alpha value is -3.75. The van der Waals surface area contributed by atoms with Crippen LogP contribution in [0.5, 0.6) is 5.75 Å². The van der Waals surface area contributed by atoms with Crippen molar-refractivity contribution in [3.63, 3.8) is 0 Å². The number of carbonyl (C=O) groups is 1. The molecule has 0 aliphatic carbocycles. The van der Waals surface area contributed by atoms with Gasteiger partial charge in [-0.3, -0.25) is 14.2 Å². The van der Waals surface area contributed by atoms with Crippen LogP contribution in [-0.2, 0) is 4.79 Å². The number of rotatable bonds is 6. The van der Waals surface area contributed by atoms with Crippen LogP contribution < -0.4 is 24.9 Å². The normalized spacial score (nSPS) is 15.2. The van der Waals surface area contributed by atoms with Crippen LogP contribution in [0.2, 0.25) is 0 Å². The smallest absolute Gasteiger partial charge is 0.271 e. The topological polar surface area (TPSA) is 72.7 Å². The highest BCUT2D eigenvalue weighted by molar-refractivity contribution is 9.10. The number of thiazole rings is 1. The van der Waals surface area contributed by atoms with Crippen molar-refractivity contribution in [2.45, 2.75) is 26.8 Å². The lowest BCUT2D eigenvalue weighted by atomic mass is 9.95. The quantitative estimate of drug-likeness (QED) is 0.331. The molecule has 6 nitrogen and oxygen atoms in total. The summed E-state index contributed by atoms with van der Waals surface area (Å²) >= 11 is 4.89. The van der Waals surface area contributed by atoms with Crippen molar-refractivity contribution in [2.75, 3.05) is 11.9 Å². The highest BCUT2D eigenvalue weighted by Crippen LogP contribution is 2.31. The molecule has 1 aliphatic heterocycles. The molecule has 0 fully saturated rings. The standard InChI is InChI=1S/C30H26BrN3O3S/c1-4-37-23-14-12-21(13-15-23)27-26(28(35)33-22-8-6-5-7-9-22)19(3)32-30-34(27)29(36)25(38-30)17-20-11-10-18(2)24(31)16-20/h5-17,27H,4H2,1-3H3,(H,33,35)/b25-17-/t27-/m1/s1. The lowest BCUT2D eigenvalue weighted by molar-refractivity contribution is -0.113. The van der Waals surface area contributed by atoms with Gasteiger partial charge in [-0.1, -0.05) is 69.7 Å². The predicted octanol–water partition coefficient (Wildman–Crippen LogP) is 5.34. The number of hydrogen-bond donors (Lipinski definition) is 1. The van der Waals surface area contributed by atoms with Gasteiger partial charge in [0.1, 0.15) is 5.75 Å². The number of halogens is 1. The minimum absolute atomic E-state index is 0.193. The van der Waals surface area contributed by atoms with Gasteiger partial charge in [-0.25, -0.2) is 4.99 Å². The van der Waals surface area contributed by atoms with E-state index in [2.05, 4.69) is 21.2 Å². The minimum atomic E-state index is -0.641. The molecule has 0 radical (unpaired) electrons. The van der Waals surface area contributed by atoms with Crippen molar-refractivity contribution in [1.29, 1.82) is 0 Å². The van der Waals surface area contributed by atoms with E-state index in [1.54, 1.807) is 4.57 Å². The molecule has 4 aromatic rings. The lowest BCUT2D eigenvalue weighted by Gasteiger charge is -2.25. The summed E-state index contributed by atoms with van der Waals surface area (Å²) in [6.07, 6.45) is 1.87. The number of aromatic nitrogens is 1. The number of ether oxygens (including phenoxy) is 1. The number of nitrogens with zero attached hydrogens (tertiary/aromatic N) is 2. The number of nitrogens with one attached hydrogen (secondary N) is 1. The molecule has 1 atom stereocenters. The summed E-state index contributed by atoms with van der Waals surface area (Å²) in [6, 6.07) is 22.1. The average Bonchev–Trinajstić information content (AvgIpc) is 3.20.